The van der Waals surface area contributed by atoms with Gasteiger partial charge in [-0.25, -0.2) is 0 Å². The number of nitrogens with one attached hydrogen (secondary N) is 1. The Hall–Kier alpha value is -0.570. The van der Waals surface area contributed by atoms with Gasteiger partial charge in [0, 0.05) is 10.9 Å². The molecule has 1 aliphatic heterocycles. The van der Waals surface area contributed by atoms with Gasteiger partial charge in [0.05, 0.1) is 12.1 Å². The highest BCUT2D eigenvalue weighted by atomic mass is 35.5. The van der Waals surface area contributed by atoms with Crippen LogP contribution in [0.5, 0.6) is 0 Å². The van der Waals surface area contributed by atoms with Crippen LogP contribution in [0.2, 0.25) is 5.02 Å². The molecule has 1 aromatic carbocycles. The van der Waals surface area contributed by atoms with Crippen molar-refractivity contribution in [3.63, 3.8) is 0 Å². The second kappa shape index (κ2) is 6.14. The van der Waals surface area contributed by atoms with Crippen molar-refractivity contribution in [3.05, 3.63) is 34.3 Å². The van der Waals surface area contributed by atoms with Gasteiger partial charge < -0.3 is 4.84 Å². The second-order valence-corrected chi connectivity index (χ2v) is 8.60. The summed E-state index contributed by atoms with van der Waals surface area (Å²) < 4.78 is 0. The summed E-state index contributed by atoms with van der Waals surface area (Å²) in [6.45, 7) is 7.66. The summed E-state index contributed by atoms with van der Waals surface area (Å²) in [5.74, 6) is 0.581. The van der Waals surface area contributed by atoms with E-state index in [1.54, 1.807) is 0 Å². The molecule has 0 amide bonds. The van der Waals surface area contributed by atoms with Crippen molar-refractivity contribution in [1.29, 1.82) is 0 Å². The van der Waals surface area contributed by atoms with E-state index in [9.17, 15) is 0 Å². The van der Waals surface area contributed by atoms with Crippen LogP contribution in [-0.2, 0) is 16.8 Å². The summed E-state index contributed by atoms with van der Waals surface area (Å²) in [5, 5.41) is 0.911. The largest absolute Gasteiger partial charge is 0.301 e. The normalized spacial score (nSPS) is 28.6. The van der Waals surface area contributed by atoms with Crippen LogP contribution in [0.25, 0.3) is 0 Å². The van der Waals surface area contributed by atoms with E-state index in [0.29, 0.717) is 11.3 Å². The first kappa shape index (κ1) is 16.3. The maximum Gasteiger partial charge on any atom is 0.0732 e. The first-order chi connectivity index (χ1) is 10.4. The van der Waals surface area contributed by atoms with Gasteiger partial charge in [0.1, 0.15) is 0 Å². The first-order valence-corrected chi connectivity index (χ1v) is 8.96. The third kappa shape index (κ3) is 3.20. The van der Waals surface area contributed by atoms with Gasteiger partial charge in [-0.2, -0.15) is 5.48 Å². The minimum absolute atomic E-state index is 0.00948. The molecule has 1 aromatic rings. The number of fused-ring (bicyclic) bond motifs is 1. The first-order valence-electron chi connectivity index (χ1n) is 8.59. The van der Waals surface area contributed by atoms with E-state index in [4.69, 9.17) is 16.4 Å². The van der Waals surface area contributed by atoms with Gasteiger partial charge in [-0.05, 0) is 48.3 Å². The highest BCUT2D eigenvalue weighted by molar-refractivity contribution is 6.31. The van der Waals surface area contributed by atoms with Crippen LogP contribution in [0.3, 0.4) is 0 Å². The lowest BCUT2D eigenvalue weighted by Gasteiger charge is -2.38. The molecule has 1 N–H and O–H groups in total. The molecule has 2 fully saturated rings. The molecule has 1 saturated heterocycles. The van der Waals surface area contributed by atoms with Crippen LogP contribution in [0.1, 0.15) is 64.0 Å². The molecule has 2 aliphatic rings. The Morgan fingerprint density at radius 2 is 2.14 bits per heavy atom. The number of hydrogen-bond acceptors (Lipinski definition) is 2. The molecule has 2 nitrogen and oxygen atoms in total. The zero-order valence-electron chi connectivity index (χ0n) is 14.0. The third-order valence-electron chi connectivity index (χ3n) is 5.32. The van der Waals surface area contributed by atoms with E-state index in [2.05, 4.69) is 44.5 Å². The average Bonchev–Trinajstić information content (AvgIpc) is 2.90. The molecule has 0 radical (unpaired) electrons. The van der Waals surface area contributed by atoms with Crippen molar-refractivity contribution in [1.82, 2.24) is 5.48 Å². The standard InChI is InChI=1S/C19H28ClNO/c1-18(2,3)11-9-14-7-8-15(12-17(14)20)19-10-5-4-6-16(19)13-22-21-19/h7-8,12,16,21H,4-6,9-11,13H2,1-3H3. The van der Waals surface area contributed by atoms with Crippen LogP contribution >= 0.6 is 11.6 Å². The number of hydrogen-bond donors (Lipinski definition) is 1. The third-order valence-corrected chi connectivity index (χ3v) is 5.67. The summed E-state index contributed by atoms with van der Waals surface area (Å²) >= 11 is 6.60. The van der Waals surface area contributed by atoms with E-state index < -0.39 is 0 Å². The Kier molecular flexibility index (Phi) is 4.55. The summed E-state index contributed by atoms with van der Waals surface area (Å²) in [6.07, 6.45) is 7.17. The Labute approximate surface area is 139 Å². The molecule has 1 heterocycles. The van der Waals surface area contributed by atoms with Gasteiger partial charge in [0.25, 0.3) is 0 Å². The Balaban J connectivity index is 1.82. The number of benzene rings is 1. The van der Waals surface area contributed by atoms with Gasteiger partial charge in [-0.1, -0.05) is 57.3 Å². The molecule has 122 valence electrons. The number of halogens is 1. The van der Waals surface area contributed by atoms with Gasteiger partial charge in [-0.15, -0.1) is 0 Å². The van der Waals surface area contributed by atoms with Crippen molar-refractivity contribution in [3.8, 4) is 0 Å². The van der Waals surface area contributed by atoms with Crippen molar-refractivity contribution >= 4 is 11.6 Å². The van der Waals surface area contributed by atoms with Crippen molar-refractivity contribution in [2.45, 2.75) is 64.8 Å². The fourth-order valence-electron chi connectivity index (χ4n) is 3.85. The van der Waals surface area contributed by atoms with E-state index >= 15 is 0 Å². The van der Waals surface area contributed by atoms with Gasteiger partial charge in [0.2, 0.25) is 0 Å². The Bertz CT molecular complexity index is 537. The molecule has 2 atom stereocenters. The van der Waals surface area contributed by atoms with Crippen molar-refractivity contribution < 1.29 is 4.84 Å². The molecular weight excluding hydrogens is 294 g/mol. The monoisotopic (exact) mass is 321 g/mol. The lowest BCUT2D eigenvalue weighted by molar-refractivity contribution is 0.0548. The molecule has 0 spiro atoms. The highest BCUT2D eigenvalue weighted by Gasteiger charge is 2.46. The van der Waals surface area contributed by atoms with Crippen LogP contribution in [0.4, 0.5) is 0 Å². The van der Waals surface area contributed by atoms with E-state index in [-0.39, 0.29) is 5.54 Å². The lowest BCUT2D eigenvalue weighted by Crippen LogP contribution is -2.43. The van der Waals surface area contributed by atoms with Crippen LogP contribution in [0, 0.1) is 11.3 Å². The summed E-state index contributed by atoms with van der Waals surface area (Å²) in [5.41, 5.74) is 6.24. The molecule has 0 aromatic heterocycles. The fourth-order valence-corrected chi connectivity index (χ4v) is 4.13. The molecule has 1 aliphatic carbocycles. The zero-order chi connectivity index (χ0) is 15.8. The molecule has 2 unspecified atom stereocenters. The maximum absolute atomic E-state index is 6.60. The molecule has 1 saturated carbocycles. The minimum atomic E-state index is -0.00948. The van der Waals surface area contributed by atoms with E-state index in [0.717, 1.165) is 30.9 Å². The predicted octanol–water partition coefficient (Wildman–Crippen LogP) is 5.24. The number of rotatable bonds is 3. The summed E-state index contributed by atoms with van der Waals surface area (Å²) in [6, 6.07) is 6.67. The summed E-state index contributed by atoms with van der Waals surface area (Å²) in [7, 11) is 0. The van der Waals surface area contributed by atoms with Crippen molar-refractivity contribution in [2.75, 3.05) is 6.61 Å². The SMILES string of the molecule is CC(C)(C)CCc1ccc(C23CCCCC2CON3)cc1Cl. The Morgan fingerprint density at radius 1 is 1.32 bits per heavy atom. The molecule has 3 rings (SSSR count). The highest BCUT2D eigenvalue weighted by Crippen LogP contribution is 2.45. The van der Waals surface area contributed by atoms with Crippen LogP contribution < -0.4 is 5.48 Å². The topological polar surface area (TPSA) is 21.3 Å². The molecule has 0 bridgehead atoms. The molecular formula is C19H28ClNO. The number of hydroxylamine groups is 1. The lowest BCUT2D eigenvalue weighted by atomic mass is 9.70. The second-order valence-electron chi connectivity index (χ2n) is 8.19. The zero-order valence-corrected chi connectivity index (χ0v) is 14.8. The minimum Gasteiger partial charge on any atom is -0.301 e. The predicted molar refractivity (Wildman–Crippen MR) is 92.0 cm³/mol. The van der Waals surface area contributed by atoms with Gasteiger partial charge >= 0.3 is 0 Å². The Morgan fingerprint density at radius 3 is 2.86 bits per heavy atom. The molecule has 3 heteroatoms. The fraction of sp³-hybridized carbons (Fsp3) is 0.684. The molecule has 22 heavy (non-hydrogen) atoms. The maximum atomic E-state index is 6.60. The van der Waals surface area contributed by atoms with Crippen LogP contribution in [-0.4, -0.2) is 6.61 Å². The van der Waals surface area contributed by atoms with Crippen LogP contribution in [0.15, 0.2) is 18.2 Å². The summed E-state index contributed by atoms with van der Waals surface area (Å²) in [4.78, 5) is 5.62. The van der Waals surface area contributed by atoms with E-state index in [1.165, 1.54) is 30.4 Å². The average molecular weight is 322 g/mol. The smallest absolute Gasteiger partial charge is 0.0732 e. The van der Waals surface area contributed by atoms with E-state index in [1.807, 2.05) is 0 Å². The number of aryl methyl sites for hydroxylation is 1. The van der Waals surface area contributed by atoms with Gasteiger partial charge in [0.15, 0.2) is 0 Å². The van der Waals surface area contributed by atoms with Gasteiger partial charge in [-0.3, -0.25) is 0 Å². The van der Waals surface area contributed by atoms with Crippen molar-refractivity contribution in [2.24, 2.45) is 11.3 Å². The quantitative estimate of drug-likeness (QED) is 0.822.